The molecule has 1 aliphatic rings. The highest BCUT2D eigenvalue weighted by atomic mass is 32.2. The van der Waals surface area contributed by atoms with E-state index in [1.54, 1.807) is 18.3 Å². The van der Waals surface area contributed by atoms with Gasteiger partial charge in [0.25, 0.3) is 5.56 Å². The molecule has 3 rings (SSSR count). The number of fused-ring (bicyclic) bond motifs is 3. The normalized spacial score (nSPS) is 16.5. The zero-order chi connectivity index (χ0) is 21.2. The van der Waals surface area contributed by atoms with Gasteiger partial charge in [-0.3, -0.25) is 14.4 Å². The maximum atomic E-state index is 12.7. The van der Waals surface area contributed by atoms with Crippen LogP contribution in [0.25, 0.3) is 10.2 Å². The van der Waals surface area contributed by atoms with Crippen molar-refractivity contribution < 1.29 is 14.3 Å². The minimum atomic E-state index is -0.475. The number of carbonyl (C=O) groups excluding carboxylic acids is 2. The largest absolute Gasteiger partial charge is 0.465 e. The molecule has 0 saturated heterocycles. The number of aryl methyl sites for hydroxylation is 1. The van der Waals surface area contributed by atoms with Crippen LogP contribution in [0.1, 0.15) is 44.6 Å². The van der Waals surface area contributed by atoms with Crippen LogP contribution in [0.4, 0.5) is 0 Å². The third-order valence-electron chi connectivity index (χ3n) is 5.20. The van der Waals surface area contributed by atoms with Gasteiger partial charge in [0.2, 0.25) is 5.91 Å². The van der Waals surface area contributed by atoms with Crippen molar-refractivity contribution in [2.24, 2.45) is 11.3 Å². The SMILES string of the molecule is CCOC(=O)CNC(=O)CSc1nc2sc3c(c2c(=O)[nH]1)CCC(C(C)(C)C)C3. The summed E-state index contributed by atoms with van der Waals surface area (Å²) >= 11 is 2.74. The average molecular weight is 438 g/mol. The molecule has 1 aliphatic carbocycles. The van der Waals surface area contributed by atoms with Crippen molar-refractivity contribution in [3.63, 3.8) is 0 Å². The highest BCUT2D eigenvalue weighted by Gasteiger charge is 2.31. The number of rotatable bonds is 6. The molecule has 9 heteroatoms. The molecule has 0 aromatic carbocycles. The second kappa shape index (κ2) is 8.87. The standard InChI is InChI=1S/C20H27N3O4S2/c1-5-27-15(25)9-21-14(24)10-28-19-22-17(26)16-12-7-6-11(20(2,3)4)8-13(12)29-18(16)23-19/h11H,5-10H2,1-4H3,(H,21,24)(H,22,23,26). The Labute approximate surface area is 178 Å². The molecule has 0 bridgehead atoms. The van der Waals surface area contributed by atoms with Crippen molar-refractivity contribution in [1.29, 1.82) is 0 Å². The number of H-pyrrole nitrogens is 1. The highest BCUT2D eigenvalue weighted by molar-refractivity contribution is 7.99. The minimum Gasteiger partial charge on any atom is -0.465 e. The van der Waals surface area contributed by atoms with Gasteiger partial charge in [0, 0.05) is 4.88 Å². The number of ether oxygens (including phenoxy) is 1. The number of esters is 1. The summed E-state index contributed by atoms with van der Waals surface area (Å²) in [6.45, 7) is 8.62. The Kier molecular flexibility index (Phi) is 6.68. The zero-order valence-corrected chi connectivity index (χ0v) is 18.8. The maximum Gasteiger partial charge on any atom is 0.325 e. The fourth-order valence-electron chi connectivity index (χ4n) is 3.54. The van der Waals surface area contributed by atoms with Crippen LogP contribution in [-0.4, -0.2) is 40.7 Å². The Bertz CT molecular complexity index is 974. The van der Waals surface area contributed by atoms with Gasteiger partial charge in [-0.25, -0.2) is 4.98 Å². The summed E-state index contributed by atoms with van der Waals surface area (Å²) in [7, 11) is 0. The Balaban J connectivity index is 1.70. The van der Waals surface area contributed by atoms with Gasteiger partial charge in [-0.05, 0) is 43.1 Å². The van der Waals surface area contributed by atoms with Gasteiger partial charge in [-0.15, -0.1) is 11.3 Å². The number of hydrogen-bond acceptors (Lipinski definition) is 7. The highest BCUT2D eigenvalue weighted by Crippen LogP contribution is 2.42. The van der Waals surface area contributed by atoms with Gasteiger partial charge in [0.1, 0.15) is 11.4 Å². The van der Waals surface area contributed by atoms with E-state index in [-0.39, 0.29) is 35.8 Å². The van der Waals surface area contributed by atoms with Gasteiger partial charge in [0.05, 0.1) is 17.7 Å². The summed E-state index contributed by atoms with van der Waals surface area (Å²) in [6, 6.07) is 0. The Morgan fingerprint density at radius 1 is 1.38 bits per heavy atom. The molecule has 0 aliphatic heterocycles. The van der Waals surface area contributed by atoms with Crippen molar-refractivity contribution >= 4 is 45.2 Å². The average Bonchev–Trinajstić information content (AvgIpc) is 3.02. The van der Waals surface area contributed by atoms with Crippen LogP contribution in [0.3, 0.4) is 0 Å². The number of aromatic nitrogens is 2. The number of carbonyl (C=O) groups is 2. The Morgan fingerprint density at radius 3 is 2.83 bits per heavy atom. The van der Waals surface area contributed by atoms with Gasteiger partial charge < -0.3 is 15.0 Å². The van der Waals surface area contributed by atoms with E-state index in [0.717, 1.165) is 41.4 Å². The van der Waals surface area contributed by atoms with Gasteiger partial charge >= 0.3 is 5.97 Å². The van der Waals surface area contributed by atoms with Crippen LogP contribution >= 0.6 is 23.1 Å². The number of aromatic amines is 1. The molecule has 1 atom stereocenters. The van der Waals surface area contributed by atoms with Crippen molar-refractivity contribution in [2.75, 3.05) is 18.9 Å². The summed E-state index contributed by atoms with van der Waals surface area (Å²) in [4.78, 5) is 45.3. The summed E-state index contributed by atoms with van der Waals surface area (Å²) < 4.78 is 4.77. The van der Waals surface area contributed by atoms with Crippen molar-refractivity contribution in [3.05, 3.63) is 20.8 Å². The van der Waals surface area contributed by atoms with Crippen LogP contribution in [0, 0.1) is 11.3 Å². The predicted molar refractivity (Wildman–Crippen MR) is 116 cm³/mol. The molecule has 1 unspecified atom stereocenters. The van der Waals surface area contributed by atoms with Crippen LogP contribution in [-0.2, 0) is 27.2 Å². The van der Waals surface area contributed by atoms with E-state index in [4.69, 9.17) is 4.74 Å². The van der Waals surface area contributed by atoms with E-state index >= 15 is 0 Å². The number of thiophene rings is 1. The van der Waals surface area contributed by atoms with E-state index in [2.05, 4.69) is 36.1 Å². The van der Waals surface area contributed by atoms with Gasteiger partial charge in [-0.2, -0.15) is 0 Å². The molecule has 0 saturated carbocycles. The molecule has 0 fully saturated rings. The lowest BCUT2D eigenvalue weighted by atomic mass is 9.72. The predicted octanol–water partition coefficient (Wildman–Crippen LogP) is 2.91. The summed E-state index contributed by atoms with van der Waals surface area (Å²) in [5, 5.41) is 3.62. The maximum absolute atomic E-state index is 12.7. The number of hydrogen-bond donors (Lipinski definition) is 2. The van der Waals surface area contributed by atoms with E-state index in [1.807, 2.05) is 0 Å². The molecule has 2 aromatic heterocycles. The number of thioether (sulfide) groups is 1. The number of nitrogens with one attached hydrogen (secondary N) is 2. The lowest BCUT2D eigenvalue weighted by molar-refractivity contribution is -0.143. The van der Waals surface area contributed by atoms with E-state index in [1.165, 1.54) is 4.88 Å². The number of amides is 1. The smallest absolute Gasteiger partial charge is 0.325 e. The monoisotopic (exact) mass is 437 g/mol. The first-order chi connectivity index (χ1) is 13.7. The first-order valence-corrected chi connectivity index (χ1v) is 11.6. The lowest BCUT2D eigenvalue weighted by Gasteiger charge is -2.33. The van der Waals surface area contributed by atoms with Crippen LogP contribution in [0.2, 0.25) is 0 Å². The van der Waals surface area contributed by atoms with Crippen LogP contribution in [0.15, 0.2) is 9.95 Å². The molecule has 7 nitrogen and oxygen atoms in total. The lowest BCUT2D eigenvalue weighted by Crippen LogP contribution is -2.31. The van der Waals surface area contributed by atoms with Crippen molar-refractivity contribution in [1.82, 2.24) is 15.3 Å². The Hall–Kier alpha value is -1.87. The molecule has 2 heterocycles. The molecule has 158 valence electrons. The summed E-state index contributed by atoms with van der Waals surface area (Å²) in [5.41, 5.74) is 1.24. The first-order valence-electron chi connectivity index (χ1n) is 9.78. The van der Waals surface area contributed by atoms with Crippen molar-refractivity contribution in [3.8, 4) is 0 Å². The summed E-state index contributed by atoms with van der Waals surface area (Å²) in [5.74, 6) is -0.134. The molecule has 2 N–H and O–H groups in total. The number of nitrogens with zero attached hydrogens (tertiary/aromatic N) is 1. The molecule has 0 spiro atoms. The van der Waals surface area contributed by atoms with Crippen molar-refractivity contribution in [2.45, 2.75) is 52.1 Å². The molecule has 29 heavy (non-hydrogen) atoms. The first kappa shape index (κ1) is 21.8. The molecule has 2 aromatic rings. The van der Waals surface area contributed by atoms with Gasteiger partial charge in [-0.1, -0.05) is 32.5 Å². The van der Waals surface area contributed by atoms with Gasteiger partial charge in [0.15, 0.2) is 5.16 Å². The van der Waals surface area contributed by atoms with Crippen LogP contribution in [0.5, 0.6) is 0 Å². The minimum absolute atomic E-state index is 0.0606. The molecular formula is C20H27N3O4S2. The third kappa shape index (κ3) is 5.19. The summed E-state index contributed by atoms with van der Waals surface area (Å²) in [6.07, 6.45) is 2.97. The second-order valence-electron chi connectivity index (χ2n) is 8.23. The van der Waals surface area contributed by atoms with E-state index in [9.17, 15) is 14.4 Å². The topological polar surface area (TPSA) is 101 Å². The molecular weight excluding hydrogens is 410 g/mol. The van der Waals surface area contributed by atoms with Crippen LogP contribution < -0.4 is 10.9 Å². The molecule has 0 radical (unpaired) electrons. The fourth-order valence-corrected chi connectivity index (χ4v) is 5.59. The second-order valence-corrected chi connectivity index (χ2v) is 10.3. The third-order valence-corrected chi connectivity index (χ3v) is 7.22. The fraction of sp³-hybridized carbons (Fsp3) is 0.600. The zero-order valence-electron chi connectivity index (χ0n) is 17.2. The van der Waals surface area contributed by atoms with E-state index in [0.29, 0.717) is 16.5 Å². The molecule has 1 amide bonds. The Morgan fingerprint density at radius 2 is 2.14 bits per heavy atom. The quantitative estimate of drug-likeness (QED) is 0.409. The van der Waals surface area contributed by atoms with E-state index < -0.39 is 5.97 Å².